The van der Waals surface area contributed by atoms with Crippen molar-refractivity contribution < 1.29 is 19.0 Å². The lowest BCUT2D eigenvalue weighted by Crippen LogP contribution is -2.10. The summed E-state index contributed by atoms with van der Waals surface area (Å²) in [5.74, 6) is -1.13. The Labute approximate surface area is 79.4 Å². The lowest BCUT2D eigenvalue weighted by molar-refractivity contribution is -0.130. The van der Waals surface area contributed by atoms with Crippen LogP contribution in [0.5, 0.6) is 5.75 Å². The molecule has 1 aromatic carbocycles. The van der Waals surface area contributed by atoms with E-state index in [1.807, 2.05) is 0 Å². The van der Waals surface area contributed by atoms with Gasteiger partial charge in [-0.25, -0.2) is 9.18 Å². The van der Waals surface area contributed by atoms with Crippen LogP contribution >= 0.6 is 0 Å². The van der Waals surface area contributed by atoms with Gasteiger partial charge in [0.2, 0.25) is 0 Å². The van der Waals surface area contributed by atoms with Crippen molar-refractivity contribution in [2.24, 2.45) is 0 Å². The van der Waals surface area contributed by atoms with Gasteiger partial charge in [0, 0.05) is 5.56 Å². The normalized spacial score (nSPS) is 13.9. The molecule has 2 rings (SSSR count). The quantitative estimate of drug-likeness (QED) is 0.739. The molecule has 0 amide bonds. The van der Waals surface area contributed by atoms with Gasteiger partial charge in [-0.3, -0.25) is 0 Å². The molecule has 0 radical (unpaired) electrons. The largest absolute Gasteiger partial charge is 0.489 e. The van der Waals surface area contributed by atoms with Crippen LogP contribution in [0, 0.1) is 5.82 Å². The molecule has 1 N–H and O–H groups in total. The molecule has 1 heterocycles. The number of fused-ring (bicyclic) bond motifs is 1. The Hall–Kier alpha value is -1.84. The number of carboxylic acids is 1. The van der Waals surface area contributed by atoms with Gasteiger partial charge in [-0.1, -0.05) is 0 Å². The molecule has 0 aliphatic carbocycles. The summed E-state index contributed by atoms with van der Waals surface area (Å²) >= 11 is 0. The summed E-state index contributed by atoms with van der Waals surface area (Å²) in [4.78, 5) is 10.8. The van der Waals surface area contributed by atoms with Crippen molar-refractivity contribution in [3.63, 3.8) is 0 Å². The molecule has 0 atom stereocenters. The third kappa shape index (κ3) is 1.35. The molecule has 0 fully saturated rings. The molecule has 1 aliphatic heterocycles. The number of aliphatic carboxylic acids is 1. The molecule has 0 saturated heterocycles. The average molecular weight is 194 g/mol. The van der Waals surface area contributed by atoms with E-state index in [9.17, 15) is 9.18 Å². The highest BCUT2D eigenvalue weighted by Crippen LogP contribution is 2.30. The number of carboxylic acid groups (broad SMARTS) is 1. The highest BCUT2D eigenvalue weighted by Gasteiger charge is 2.19. The van der Waals surface area contributed by atoms with Gasteiger partial charge in [0.25, 0.3) is 0 Å². The van der Waals surface area contributed by atoms with Crippen LogP contribution in [-0.4, -0.2) is 17.7 Å². The molecular formula is C10H7FO3. The fraction of sp³-hybridized carbons (Fsp3) is 0.100. The van der Waals surface area contributed by atoms with E-state index in [0.717, 1.165) is 6.07 Å². The monoisotopic (exact) mass is 194 g/mol. The van der Waals surface area contributed by atoms with Gasteiger partial charge in [0.15, 0.2) is 0 Å². The number of carbonyl (C=O) groups is 1. The predicted octanol–water partition coefficient (Wildman–Crippen LogP) is 1.69. The third-order valence-corrected chi connectivity index (χ3v) is 1.99. The zero-order valence-corrected chi connectivity index (χ0v) is 7.16. The summed E-state index contributed by atoms with van der Waals surface area (Å²) in [6, 6.07) is 3.83. The Kier molecular flexibility index (Phi) is 1.96. The Balaban J connectivity index is 2.56. The van der Waals surface area contributed by atoms with Crippen LogP contribution in [0.4, 0.5) is 4.39 Å². The smallest absolute Gasteiger partial charge is 0.336 e. The standard InChI is InChI=1S/C10H7FO3/c11-6-1-2-9-8(5-6)7(10(12)13)3-4-14-9/h1-3,5H,4H2,(H,12,13). The molecule has 72 valence electrons. The Bertz CT molecular complexity index is 423. The van der Waals surface area contributed by atoms with E-state index in [1.54, 1.807) is 0 Å². The second-order valence-electron chi connectivity index (χ2n) is 2.87. The third-order valence-electron chi connectivity index (χ3n) is 1.99. The van der Waals surface area contributed by atoms with Gasteiger partial charge in [0.1, 0.15) is 18.2 Å². The van der Waals surface area contributed by atoms with Gasteiger partial charge in [-0.15, -0.1) is 0 Å². The van der Waals surface area contributed by atoms with Crippen molar-refractivity contribution in [1.82, 2.24) is 0 Å². The Morgan fingerprint density at radius 2 is 2.29 bits per heavy atom. The zero-order chi connectivity index (χ0) is 10.1. The van der Waals surface area contributed by atoms with Crippen LogP contribution < -0.4 is 4.74 Å². The fourth-order valence-electron chi connectivity index (χ4n) is 1.37. The molecule has 0 saturated carbocycles. The summed E-state index contributed by atoms with van der Waals surface area (Å²) in [5.41, 5.74) is 0.384. The lowest BCUT2D eigenvalue weighted by atomic mass is 10.0. The number of hydrogen-bond donors (Lipinski definition) is 1. The van der Waals surface area contributed by atoms with Crippen LogP contribution in [0.15, 0.2) is 24.3 Å². The fourth-order valence-corrected chi connectivity index (χ4v) is 1.37. The maximum Gasteiger partial charge on any atom is 0.336 e. The first-order valence-electron chi connectivity index (χ1n) is 4.04. The Morgan fingerprint density at radius 1 is 1.50 bits per heavy atom. The molecule has 0 spiro atoms. The first-order valence-corrected chi connectivity index (χ1v) is 4.04. The van der Waals surface area contributed by atoms with Gasteiger partial charge >= 0.3 is 5.97 Å². The minimum Gasteiger partial charge on any atom is -0.489 e. The van der Waals surface area contributed by atoms with Crippen molar-refractivity contribution in [1.29, 1.82) is 0 Å². The summed E-state index contributed by atoms with van der Waals surface area (Å²) in [6.07, 6.45) is 1.42. The van der Waals surface area contributed by atoms with Crippen molar-refractivity contribution in [2.45, 2.75) is 0 Å². The lowest BCUT2D eigenvalue weighted by Gasteiger charge is -2.15. The number of ether oxygens (including phenoxy) is 1. The Morgan fingerprint density at radius 3 is 3.00 bits per heavy atom. The molecular weight excluding hydrogens is 187 g/mol. The molecule has 1 aromatic rings. The maximum absolute atomic E-state index is 12.9. The molecule has 0 unspecified atom stereocenters. The minimum absolute atomic E-state index is 0.0887. The molecule has 14 heavy (non-hydrogen) atoms. The van der Waals surface area contributed by atoms with E-state index in [2.05, 4.69) is 0 Å². The van der Waals surface area contributed by atoms with Gasteiger partial charge in [-0.05, 0) is 24.3 Å². The van der Waals surface area contributed by atoms with E-state index >= 15 is 0 Å². The van der Waals surface area contributed by atoms with Crippen LogP contribution in [0.25, 0.3) is 5.57 Å². The van der Waals surface area contributed by atoms with E-state index in [0.29, 0.717) is 11.3 Å². The van der Waals surface area contributed by atoms with Gasteiger partial charge in [-0.2, -0.15) is 0 Å². The van der Waals surface area contributed by atoms with E-state index in [4.69, 9.17) is 9.84 Å². The number of halogens is 1. The predicted molar refractivity (Wildman–Crippen MR) is 47.5 cm³/mol. The number of benzene rings is 1. The number of rotatable bonds is 1. The van der Waals surface area contributed by atoms with Crippen LogP contribution in [-0.2, 0) is 4.79 Å². The van der Waals surface area contributed by atoms with Crippen molar-refractivity contribution in [3.8, 4) is 5.75 Å². The topological polar surface area (TPSA) is 46.5 Å². The van der Waals surface area contributed by atoms with E-state index in [1.165, 1.54) is 18.2 Å². The average Bonchev–Trinajstić information content (AvgIpc) is 2.16. The summed E-state index contributed by atoms with van der Waals surface area (Å²) in [6.45, 7) is 0.209. The zero-order valence-electron chi connectivity index (χ0n) is 7.16. The first kappa shape index (κ1) is 8.74. The molecule has 0 bridgehead atoms. The van der Waals surface area contributed by atoms with Gasteiger partial charge in [0.05, 0.1) is 5.57 Å². The summed E-state index contributed by atoms with van der Waals surface area (Å²) in [7, 11) is 0. The van der Waals surface area contributed by atoms with Crippen molar-refractivity contribution in [3.05, 3.63) is 35.7 Å². The molecule has 3 nitrogen and oxygen atoms in total. The van der Waals surface area contributed by atoms with Crippen molar-refractivity contribution in [2.75, 3.05) is 6.61 Å². The second-order valence-corrected chi connectivity index (χ2v) is 2.87. The van der Waals surface area contributed by atoms with Crippen LogP contribution in [0.1, 0.15) is 5.56 Å². The highest BCUT2D eigenvalue weighted by molar-refractivity contribution is 6.16. The molecule has 4 heteroatoms. The SMILES string of the molecule is O=C(O)C1=CCOc2ccc(F)cc21. The van der Waals surface area contributed by atoms with Crippen LogP contribution in [0.2, 0.25) is 0 Å². The van der Waals surface area contributed by atoms with Crippen LogP contribution in [0.3, 0.4) is 0 Å². The minimum atomic E-state index is -1.07. The maximum atomic E-state index is 12.9. The second kappa shape index (κ2) is 3.14. The molecule has 1 aliphatic rings. The molecule has 0 aromatic heterocycles. The van der Waals surface area contributed by atoms with Crippen molar-refractivity contribution >= 4 is 11.5 Å². The van der Waals surface area contributed by atoms with E-state index in [-0.39, 0.29) is 12.2 Å². The summed E-state index contributed by atoms with van der Waals surface area (Å²) in [5, 5.41) is 8.83. The number of hydrogen-bond acceptors (Lipinski definition) is 2. The first-order chi connectivity index (χ1) is 6.68. The van der Waals surface area contributed by atoms with E-state index < -0.39 is 11.8 Å². The highest BCUT2D eigenvalue weighted by atomic mass is 19.1. The van der Waals surface area contributed by atoms with Gasteiger partial charge < -0.3 is 9.84 Å². The summed E-state index contributed by atoms with van der Waals surface area (Å²) < 4.78 is 18.0.